The lowest BCUT2D eigenvalue weighted by Gasteiger charge is -1.98. The van der Waals surface area contributed by atoms with Gasteiger partial charge in [0.15, 0.2) is 0 Å². The molecule has 1 rings (SSSR count). The van der Waals surface area contributed by atoms with Crippen LogP contribution < -0.4 is 0 Å². The zero-order chi connectivity index (χ0) is 5.66. The number of rotatable bonds is 0. The highest BCUT2D eigenvalue weighted by Gasteiger charge is 1.81. The molecule has 0 N–H and O–H groups in total. The Morgan fingerprint density at radius 3 is 2.38 bits per heavy atom. The van der Waals surface area contributed by atoms with Crippen molar-refractivity contribution < 1.29 is 9.05 Å². The van der Waals surface area contributed by atoms with Crippen molar-refractivity contribution in [2.24, 2.45) is 0 Å². The molecule has 0 aliphatic carbocycles. The molecule has 0 aromatic rings. The average Bonchev–Trinajstić information content (AvgIpc) is 1.62. The van der Waals surface area contributed by atoms with Gasteiger partial charge in [0.25, 0.3) is 9.03 Å². The minimum absolute atomic E-state index is 0.103. The lowest BCUT2D eigenvalue weighted by molar-refractivity contribution is 0.433. The highest BCUT2D eigenvalue weighted by atomic mass is 32.2. The van der Waals surface area contributed by atoms with Gasteiger partial charge in [0.05, 0.1) is 12.5 Å². The Kier molecular flexibility index (Phi) is 2.85. The third kappa shape index (κ3) is 2.24. The first-order valence-corrected chi connectivity index (χ1v) is 3.78. The highest BCUT2D eigenvalue weighted by molar-refractivity contribution is 8.04. The van der Waals surface area contributed by atoms with Gasteiger partial charge in [0.2, 0.25) is 0 Å². The molecule has 0 unspecified atom stereocenters. The smallest absolute Gasteiger partial charge is 0.274 e. The lowest BCUT2D eigenvalue weighted by Crippen LogP contribution is -1.65. The van der Waals surface area contributed by atoms with Crippen LogP contribution in [-0.2, 0) is 9.05 Å². The predicted octanol–water partition coefficient (Wildman–Crippen LogP) is 2.22. The summed E-state index contributed by atoms with van der Waals surface area (Å²) in [7, 11) is 0.103. The number of hydrogen-bond acceptors (Lipinski definition) is 3. The van der Waals surface area contributed by atoms with E-state index < -0.39 is 0 Å². The summed E-state index contributed by atoms with van der Waals surface area (Å²) in [6, 6.07) is 0. The summed E-state index contributed by atoms with van der Waals surface area (Å²) in [6.07, 6.45) is 3.24. The molecule has 44 valence electrons. The van der Waals surface area contributed by atoms with Crippen LogP contribution in [0.25, 0.3) is 0 Å². The summed E-state index contributed by atoms with van der Waals surface area (Å²) < 4.78 is 9.65. The molecule has 0 fully saturated rings. The summed E-state index contributed by atoms with van der Waals surface area (Å²) in [5, 5.41) is 3.71. The van der Waals surface area contributed by atoms with Crippen molar-refractivity contribution in [2.45, 2.75) is 0 Å². The molecule has 2 nitrogen and oxygen atoms in total. The monoisotopic (exact) mass is 148 g/mol. The van der Waals surface area contributed by atoms with Gasteiger partial charge in [-0.05, 0) is 0 Å². The molecular formula is C4H5O2PS. The van der Waals surface area contributed by atoms with E-state index in [2.05, 4.69) is 0 Å². The number of hydrogen-bond donors (Lipinski definition) is 0. The summed E-state index contributed by atoms with van der Waals surface area (Å²) in [5.74, 6) is 0. The minimum atomic E-state index is 0.103. The van der Waals surface area contributed by atoms with Gasteiger partial charge in [-0.25, -0.2) is 0 Å². The van der Waals surface area contributed by atoms with Gasteiger partial charge >= 0.3 is 0 Å². The predicted molar refractivity (Wildman–Crippen MR) is 36.4 cm³/mol. The van der Waals surface area contributed by atoms with E-state index in [1.165, 1.54) is 11.8 Å². The van der Waals surface area contributed by atoms with E-state index in [4.69, 9.17) is 9.05 Å². The van der Waals surface area contributed by atoms with Crippen LogP contribution in [0, 0.1) is 0 Å². The molecule has 0 aromatic carbocycles. The first kappa shape index (κ1) is 5.99. The minimum Gasteiger partial charge on any atom is -0.448 e. The molecule has 0 amide bonds. The largest absolute Gasteiger partial charge is 0.448 e. The normalized spacial score (nSPS) is 21.0. The van der Waals surface area contributed by atoms with Crippen molar-refractivity contribution in [1.29, 1.82) is 0 Å². The van der Waals surface area contributed by atoms with Crippen LogP contribution >= 0.6 is 20.8 Å². The van der Waals surface area contributed by atoms with E-state index in [0.717, 1.165) is 0 Å². The Bertz CT molecular complexity index is 101. The molecule has 0 atom stereocenters. The van der Waals surface area contributed by atoms with Crippen molar-refractivity contribution in [1.82, 2.24) is 0 Å². The Morgan fingerprint density at radius 2 is 1.75 bits per heavy atom. The van der Waals surface area contributed by atoms with Gasteiger partial charge in [0, 0.05) is 10.8 Å². The summed E-state index contributed by atoms with van der Waals surface area (Å²) in [4.78, 5) is 0. The molecule has 0 radical (unpaired) electrons. The van der Waals surface area contributed by atoms with E-state index >= 15 is 0 Å². The molecule has 0 spiro atoms. The lowest BCUT2D eigenvalue weighted by atomic mass is 11.1. The fourth-order valence-corrected chi connectivity index (χ4v) is 1.08. The SMILES string of the molecule is C1=CSC=COPO1. The van der Waals surface area contributed by atoms with Crippen LogP contribution in [0.4, 0.5) is 0 Å². The van der Waals surface area contributed by atoms with E-state index in [-0.39, 0.29) is 9.03 Å². The molecule has 0 bridgehead atoms. The van der Waals surface area contributed by atoms with E-state index in [0.29, 0.717) is 0 Å². The molecule has 1 aliphatic heterocycles. The van der Waals surface area contributed by atoms with Crippen LogP contribution in [0.5, 0.6) is 0 Å². The Balaban J connectivity index is 2.31. The van der Waals surface area contributed by atoms with Crippen LogP contribution in [0.15, 0.2) is 23.3 Å². The van der Waals surface area contributed by atoms with E-state index in [9.17, 15) is 0 Å². The summed E-state index contributed by atoms with van der Waals surface area (Å²) in [6.45, 7) is 0. The second-order valence-electron chi connectivity index (χ2n) is 0.999. The van der Waals surface area contributed by atoms with Crippen LogP contribution in [0.2, 0.25) is 0 Å². The van der Waals surface area contributed by atoms with Crippen molar-refractivity contribution >= 4 is 20.8 Å². The maximum atomic E-state index is 4.83. The zero-order valence-electron chi connectivity index (χ0n) is 4.03. The maximum absolute atomic E-state index is 4.83. The van der Waals surface area contributed by atoms with Gasteiger partial charge in [-0.2, -0.15) is 0 Å². The third-order valence-corrected chi connectivity index (χ3v) is 1.50. The Hall–Kier alpha value is -0.140. The second-order valence-corrected chi connectivity index (χ2v) is 2.45. The van der Waals surface area contributed by atoms with Crippen LogP contribution in [-0.4, -0.2) is 0 Å². The first-order chi connectivity index (χ1) is 4.00. The zero-order valence-corrected chi connectivity index (χ0v) is 5.85. The average molecular weight is 148 g/mol. The van der Waals surface area contributed by atoms with Crippen molar-refractivity contribution in [3.05, 3.63) is 23.3 Å². The fourth-order valence-electron chi connectivity index (χ4n) is 0.248. The molecular weight excluding hydrogens is 143 g/mol. The van der Waals surface area contributed by atoms with Gasteiger partial charge < -0.3 is 9.05 Å². The molecule has 4 heteroatoms. The van der Waals surface area contributed by atoms with Gasteiger partial charge in [0.1, 0.15) is 0 Å². The fraction of sp³-hybridized carbons (Fsp3) is 0. The highest BCUT2D eigenvalue weighted by Crippen LogP contribution is 2.19. The molecule has 0 aromatic heterocycles. The quantitative estimate of drug-likeness (QED) is 0.491. The summed E-state index contributed by atoms with van der Waals surface area (Å²) in [5.41, 5.74) is 0. The Labute approximate surface area is 53.9 Å². The molecule has 0 saturated heterocycles. The van der Waals surface area contributed by atoms with E-state index in [1.54, 1.807) is 12.5 Å². The maximum Gasteiger partial charge on any atom is 0.274 e. The first-order valence-electron chi connectivity index (χ1n) is 2.02. The Morgan fingerprint density at radius 1 is 1.12 bits per heavy atom. The van der Waals surface area contributed by atoms with Gasteiger partial charge in [-0.3, -0.25) is 0 Å². The topological polar surface area (TPSA) is 18.5 Å². The second kappa shape index (κ2) is 3.81. The molecule has 0 saturated carbocycles. The van der Waals surface area contributed by atoms with Crippen molar-refractivity contribution in [3.63, 3.8) is 0 Å². The molecule has 1 aliphatic rings. The van der Waals surface area contributed by atoms with Crippen LogP contribution in [0.3, 0.4) is 0 Å². The third-order valence-electron chi connectivity index (χ3n) is 0.501. The van der Waals surface area contributed by atoms with Crippen molar-refractivity contribution in [3.8, 4) is 0 Å². The van der Waals surface area contributed by atoms with E-state index in [1.807, 2.05) is 10.8 Å². The van der Waals surface area contributed by atoms with Crippen molar-refractivity contribution in [2.75, 3.05) is 0 Å². The van der Waals surface area contributed by atoms with Gasteiger partial charge in [-0.15, -0.1) is 0 Å². The molecule has 8 heavy (non-hydrogen) atoms. The van der Waals surface area contributed by atoms with Gasteiger partial charge in [-0.1, -0.05) is 11.8 Å². The molecule has 1 heterocycles. The standard InChI is InChI=1S/C4H5O2PS/c1-3-8-4-2-6-7-5-1/h1-4,7H. The van der Waals surface area contributed by atoms with Crippen LogP contribution in [0.1, 0.15) is 0 Å². The summed E-state index contributed by atoms with van der Waals surface area (Å²) >= 11 is 1.52. The number of thioether (sulfide) groups is 1.